The van der Waals surface area contributed by atoms with E-state index in [9.17, 15) is 10.1 Å². The second-order valence-electron chi connectivity index (χ2n) is 5.32. The van der Waals surface area contributed by atoms with Crippen LogP contribution in [0.5, 0.6) is 11.6 Å². The van der Waals surface area contributed by atoms with E-state index in [0.717, 1.165) is 16.8 Å². The SMILES string of the molecule is Cc1[nH]nc2c1C(c1cccc(OCC(N)=O)c1)C(C#N)=C(N)O2. The Balaban J connectivity index is 2.07. The highest BCUT2D eigenvalue weighted by Crippen LogP contribution is 2.43. The molecule has 1 aromatic heterocycles. The average Bonchev–Trinajstić information content (AvgIpc) is 2.92. The van der Waals surface area contributed by atoms with Gasteiger partial charge in [-0.15, -0.1) is 5.10 Å². The number of benzene rings is 1. The molecule has 0 spiro atoms. The van der Waals surface area contributed by atoms with Gasteiger partial charge in [0.1, 0.15) is 17.4 Å². The van der Waals surface area contributed by atoms with E-state index in [2.05, 4.69) is 16.3 Å². The van der Waals surface area contributed by atoms with Gasteiger partial charge < -0.3 is 20.9 Å². The fourth-order valence-corrected chi connectivity index (χ4v) is 2.67. The molecule has 1 aliphatic rings. The highest BCUT2D eigenvalue weighted by molar-refractivity contribution is 5.75. The Kier molecular flexibility index (Phi) is 3.83. The number of nitrogens with one attached hydrogen (secondary N) is 1. The number of amides is 1. The van der Waals surface area contributed by atoms with Gasteiger partial charge in [0, 0.05) is 11.3 Å². The van der Waals surface area contributed by atoms with E-state index in [-0.39, 0.29) is 12.5 Å². The molecule has 0 radical (unpaired) electrons. The van der Waals surface area contributed by atoms with Crippen LogP contribution in [0.3, 0.4) is 0 Å². The van der Waals surface area contributed by atoms with E-state index < -0.39 is 11.8 Å². The fourth-order valence-electron chi connectivity index (χ4n) is 2.67. The van der Waals surface area contributed by atoms with Crippen LogP contribution in [0, 0.1) is 18.3 Å². The molecule has 0 aliphatic carbocycles. The summed E-state index contributed by atoms with van der Waals surface area (Å²) in [5, 5.41) is 16.4. The van der Waals surface area contributed by atoms with Crippen LogP contribution in [0.4, 0.5) is 0 Å². The minimum absolute atomic E-state index is 0.0185. The molecule has 0 bridgehead atoms. The van der Waals surface area contributed by atoms with Gasteiger partial charge in [-0.3, -0.25) is 9.89 Å². The average molecular weight is 325 g/mol. The lowest BCUT2D eigenvalue weighted by atomic mass is 9.84. The first-order chi connectivity index (χ1) is 11.5. The van der Waals surface area contributed by atoms with E-state index in [1.807, 2.05) is 13.0 Å². The Hall–Kier alpha value is -3.47. The Labute approximate surface area is 137 Å². The molecule has 5 N–H and O–H groups in total. The van der Waals surface area contributed by atoms with E-state index in [1.54, 1.807) is 18.2 Å². The van der Waals surface area contributed by atoms with Crippen molar-refractivity contribution in [1.82, 2.24) is 10.2 Å². The molecule has 0 saturated heterocycles. The first kappa shape index (κ1) is 15.4. The number of nitriles is 1. The van der Waals surface area contributed by atoms with Crippen LogP contribution >= 0.6 is 0 Å². The van der Waals surface area contributed by atoms with E-state index in [0.29, 0.717) is 17.2 Å². The molecule has 0 fully saturated rings. The number of nitrogens with zero attached hydrogens (tertiary/aromatic N) is 2. The fraction of sp³-hybridized carbons (Fsp3) is 0.188. The van der Waals surface area contributed by atoms with Gasteiger partial charge in [-0.1, -0.05) is 12.1 Å². The van der Waals surface area contributed by atoms with Gasteiger partial charge >= 0.3 is 0 Å². The van der Waals surface area contributed by atoms with Crippen LogP contribution in [-0.4, -0.2) is 22.7 Å². The van der Waals surface area contributed by atoms with Crippen molar-refractivity contribution < 1.29 is 14.3 Å². The van der Waals surface area contributed by atoms with Crippen LogP contribution < -0.4 is 20.9 Å². The van der Waals surface area contributed by atoms with Crippen molar-refractivity contribution >= 4 is 5.91 Å². The summed E-state index contributed by atoms with van der Waals surface area (Å²) < 4.78 is 10.8. The minimum atomic E-state index is -0.568. The van der Waals surface area contributed by atoms with Crippen molar-refractivity contribution in [3.8, 4) is 17.7 Å². The number of rotatable bonds is 4. The maximum atomic E-state index is 10.9. The van der Waals surface area contributed by atoms with E-state index in [1.165, 1.54) is 0 Å². The number of carbonyl (C=O) groups excluding carboxylic acids is 1. The number of hydrogen-bond acceptors (Lipinski definition) is 6. The monoisotopic (exact) mass is 325 g/mol. The highest BCUT2D eigenvalue weighted by Gasteiger charge is 2.34. The molecule has 2 aromatic rings. The van der Waals surface area contributed by atoms with Crippen LogP contribution in [0.15, 0.2) is 35.7 Å². The summed E-state index contributed by atoms with van der Waals surface area (Å²) in [5.41, 5.74) is 13.5. The molecular formula is C16H15N5O3. The molecule has 2 heterocycles. The first-order valence-corrected chi connectivity index (χ1v) is 7.14. The normalized spacial score (nSPS) is 16.1. The third-order valence-corrected chi connectivity index (χ3v) is 3.70. The van der Waals surface area contributed by atoms with Gasteiger partial charge in [-0.05, 0) is 24.6 Å². The largest absolute Gasteiger partial charge is 0.484 e. The minimum Gasteiger partial charge on any atom is -0.484 e. The van der Waals surface area contributed by atoms with Crippen LogP contribution in [0.2, 0.25) is 0 Å². The zero-order valence-electron chi connectivity index (χ0n) is 12.9. The van der Waals surface area contributed by atoms with Crippen LogP contribution in [0.1, 0.15) is 22.7 Å². The van der Waals surface area contributed by atoms with Crippen molar-refractivity contribution in [2.45, 2.75) is 12.8 Å². The molecule has 3 rings (SSSR count). The first-order valence-electron chi connectivity index (χ1n) is 7.14. The molecule has 1 amide bonds. The predicted octanol–water partition coefficient (Wildman–Crippen LogP) is 0.800. The summed E-state index contributed by atoms with van der Waals surface area (Å²) in [6, 6.07) is 9.15. The Morgan fingerprint density at radius 1 is 1.54 bits per heavy atom. The third kappa shape index (κ3) is 2.63. The number of aromatic amines is 1. The number of primary amides is 1. The standard InChI is InChI=1S/C16H15N5O3/c1-8-13-14(11(6-17)15(19)24-16(13)21-20-8)9-3-2-4-10(5-9)23-7-12(18)22/h2-5,14H,7,19H2,1H3,(H2,18,22)(H,20,21). The summed E-state index contributed by atoms with van der Waals surface area (Å²) in [4.78, 5) is 10.9. The zero-order valence-corrected chi connectivity index (χ0v) is 12.9. The molecule has 0 saturated carbocycles. The number of allylic oxidation sites excluding steroid dienone is 1. The summed E-state index contributed by atoms with van der Waals surface area (Å²) >= 11 is 0. The van der Waals surface area contributed by atoms with Gasteiger partial charge in [0.2, 0.25) is 11.8 Å². The Morgan fingerprint density at radius 3 is 3.04 bits per heavy atom. The number of fused-ring (bicyclic) bond motifs is 1. The molecule has 1 unspecified atom stereocenters. The zero-order chi connectivity index (χ0) is 17.3. The highest BCUT2D eigenvalue weighted by atomic mass is 16.5. The molecule has 8 heteroatoms. The lowest BCUT2D eigenvalue weighted by Gasteiger charge is -2.23. The lowest BCUT2D eigenvalue weighted by molar-refractivity contribution is -0.119. The maximum absolute atomic E-state index is 10.9. The molecule has 8 nitrogen and oxygen atoms in total. The Morgan fingerprint density at radius 2 is 2.33 bits per heavy atom. The molecule has 1 atom stereocenters. The van der Waals surface area contributed by atoms with Crippen LogP contribution in [-0.2, 0) is 4.79 Å². The molecule has 24 heavy (non-hydrogen) atoms. The number of carbonyl (C=O) groups is 1. The summed E-state index contributed by atoms with van der Waals surface area (Å²) in [7, 11) is 0. The number of nitrogens with two attached hydrogens (primary N) is 2. The van der Waals surface area contributed by atoms with Crippen molar-refractivity contribution in [3.05, 3.63) is 52.5 Å². The second-order valence-corrected chi connectivity index (χ2v) is 5.32. The number of ether oxygens (including phenoxy) is 2. The van der Waals surface area contributed by atoms with Gasteiger partial charge in [0.15, 0.2) is 6.61 Å². The molecule has 1 aromatic carbocycles. The van der Waals surface area contributed by atoms with Crippen molar-refractivity contribution in [1.29, 1.82) is 5.26 Å². The summed E-state index contributed by atoms with van der Waals surface area (Å²) in [6.07, 6.45) is 0. The molecule has 122 valence electrons. The molecular weight excluding hydrogens is 310 g/mol. The van der Waals surface area contributed by atoms with E-state index >= 15 is 0 Å². The Bertz CT molecular complexity index is 878. The van der Waals surface area contributed by atoms with Gasteiger partial charge in [0.05, 0.1) is 5.92 Å². The third-order valence-electron chi connectivity index (χ3n) is 3.70. The topological polar surface area (TPSA) is 140 Å². The number of aryl methyl sites for hydroxylation is 1. The van der Waals surface area contributed by atoms with Crippen molar-refractivity contribution in [2.75, 3.05) is 6.61 Å². The van der Waals surface area contributed by atoms with Gasteiger partial charge in [-0.2, -0.15) is 5.26 Å². The quantitative estimate of drug-likeness (QED) is 0.759. The van der Waals surface area contributed by atoms with Gasteiger partial charge in [0.25, 0.3) is 5.91 Å². The summed E-state index contributed by atoms with van der Waals surface area (Å²) in [5.74, 6) is -0.172. The molecule has 1 aliphatic heterocycles. The smallest absolute Gasteiger partial charge is 0.255 e. The summed E-state index contributed by atoms with van der Waals surface area (Å²) in [6.45, 7) is 1.61. The number of aromatic nitrogens is 2. The number of hydrogen-bond donors (Lipinski definition) is 3. The number of H-pyrrole nitrogens is 1. The van der Waals surface area contributed by atoms with Crippen LogP contribution in [0.25, 0.3) is 0 Å². The second kappa shape index (κ2) is 5.96. The maximum Gasteiger partial charge on any atom is 0.255 e. The van der Waals surface area contributed by atoms with Gasteiger partial charge in [-0.25, -0.2) is 0 Å². The van der Waals surface area contributed by atoms with E-state index in [4.69, 9.17) is 20.9 Å². The van der Waals surface area contributed by atoms with Crippen molar-refractivity contribution in [2.24, 2.45) is 11.5 Å². The lowest BCUT2D eigenvalue weighted by Crippen LogP contribution is -2.21. The predicted molar refractivity (Wildman–Crippen MR) is 83.8 cm³/mol. The van der Waals surface area contributed by atoms with Crippen molar-refractivity contribution in [3.63, 3.8) is 0 Å².